The third-order valence-corrected chi connectivity index (χ3v) is 7.58. The first kappa shape index (κ1) is 23.3. The molecule has 0 spiro atoms. The molecule has 6 nitrogen and oxygen atoms in total. The van der Waals surface area contributed by atoms with Crippen LogP contribution in [-0.4, -0.2) is 25.8 Å². The second kappa shape index (κ2) is 8.51. The lowest BCUT2D eigenvalue weighted by Crippen LogP contribution is -2.38. The van der Waals surface area contributed by atoms with Crippen LogP contribution in [0.2, 0.25) is 0 Å². The van der Waals surface area contributed by atoms with Gasteiger partial charge in [-0.25, -0.2) is 4.79 Å². The summed E-state index contributed by atoms with van der Waals surface area (Å²) in [5.41, 5.74) is 6.74. The Labute approximate surface area is 217 Å². The predicted octanol–water partition coefficient (Wildman–Crippen LogP) is 6.24. The fraction of sp³-hybridized carbons (Fsp3) is 0.290. The van der Waals surface area contributed by atoms with Crippen molar-refractivity contribution >= 4 is 28.8 Å². The maximum atomic E-state index is 13.9. The standard InChI is InChI=1S/C31H31N3O3/c1-31(2)17-24-27(26(35)18-31)28(19-13-15-20(16-14-19)33(3)4)34(25-12-8-7-11-23(25)32-24)29-21-9-5-6-10-22(21)30(36)37-29/h5-16,28-29,32H,17-18H2,1-4H3/t28-,29-/m1/s1. The van der Waals surface area contributed by atoms with Gasteiger partial charge in [-0.2, -0.15) is 0 Å². The van der Waals surface area contributed by atoms with Crippen molar-refractivity contribution in [2.45, 2.75) is 39.0 Å². The molecule has 0 amide bonds. The van der Waals surface area contributed by atoms with Crippen molar-refractivity contribution in [1.29, 1.82) is 0 Å². The summed E-state index contributed by atoms with van der Waals surface area (Å²) in [6, 6.07) is 23.4. The number of ether oxygens (including phenoxy) is 1. The quantitative estimate of drug-likeness (QED) is 0.436. The highest BCUT2D eigenvalue weighted by molar-refractivity contribution is 6.02. The number of allylic oxidation sites excluding steroid dienone is 1. The fourth-order valence-corrected chi connectivity index (χ4v) is 5.89. The number of rotatable bonds is 3. The second-order valence-electron chi connectivity index (χ2n) is 11.1. The van der Waals surface area contributed by atoms with Gasteiger partial charge in [0.1, 0.15) is 0 Å². The molecular formula is C31H31N3O3. The Balaban J connectivity index is 1.62. The van der Waals surface area contributed by atoms with E-state index in [0.717, 1.165) is 45.9 Å². The van der Waals surface area contributed by atoms with Crippen molar-refractivity contribution in [3.63, 3.8) is 0 Å². The molecule has 37 heavy (non-hydrogen) atoms. The molecule has 3 aromatic rings. The van der Waals surface area contributed by atoms with Crippen molar-refractivity contribution in [2.24, 2.45) is 5.41 Å². The van der Waals surface area contributed by atoms with Crippen LogP contribution in [0.25, 0.3) is 0 Å². The number of nitrogens with zero attached hydrogens (tertiary/aromatic N) is 2. The number of fused-ring (bicyclic) bond motifs is 2. The molecule has 0 saturated carbocycles. The van der Waals surface area contributed by atoms with Gasteiger partial charge >= 0.3 is 5.97 Å². The topological polar surface area (TPSA) is 61.9 Å². The summed E-state index contributed by atoms with van der Waals surface area (Å²) in [6.45, 7) is 4.28. The number of anilines is 3. The third-order valence-electron chi connectivity index (χ3n) is 7.58. The molecule has 2 aliphatic heterocycles. The smallest absolute Gasteiger partial charge is 0.340 e. The minimum Gasteiger partial charge on any atom is -0.433 e. The van der Waals surface area contributed by atoms with E-state index in [1.165, 1.54) is 0 Å². The number of carbonyl (C=O) groups excluding carboxylic acids is 2. The van der Waals surface area contributed by atoms with Gasteiger partial charge in [0.05, 0.1) is 23.0 Å². The van der Waals surface area contributed by atoms with Gasteiger partial charge < -0.3 is 19.9 Å². The highest BCUT2D eigenvalue weighted by atomic mass is 16.6. The Hall–Kier alpha value is -4.06. The molecule has 0 bridgehead atoms. The molecule has 6 heteroatoms. The summed E-state index contributed by atoms with van der Waals surface area (Å²) >= 11 is 0. The zero-order valence-electron chi connectivity index (χ0n) is 21.6. The van der Waals surface area contributed by atoms with E-state index in [1.807, 2.05) is 56.6 Å². The van der Waals surface area contributed by atoms with Crippen molar-refractivity contribution in [1.82, 2.24) is 0 Å². The number of para-hydroxylation sites is 2. The van der Waals surface area contributed by atoms with Crippen LogP contribution in [-0.2, 0) is 9.53 Å². The van der Waals surface area contributed by atoms with E-state index >= 15 is 0 Å². The zero-order chi connectivity index (χ0) is 25.9. The van der Waals surface area contributed by atoms with Crippen molar-refractivity contribution < 1.29 is 14.3 Å². The van der Waals surface area contributed by atoms with Gasteiger partial charge in [-0.15, -0.1) is 0 Å². The highest BCUT2D eigenvalue weighted by Crippen LogP contribution is 2.52. The number of esters is 1. The number of hydrogen-bond donors (Lipinski definition) is 1. The number of carbonyl (C=O) groups is 2. The summed E-state index contributed by atoms with van der Waals surface area (Å²) in [5.74, 6) is -0.224. The average molecular weight is 494 g/mol. The average Bonchev–Trinajstić information content (AvgIpc) is 3.11. The Kier molecular flexibility index (Phi) is 5.37. The number of ketones is 1. The van der Waals surface area contributed by atoms with Crippen LogP contribution in [0.15, 0.2) is 84.1 Å². The van der Waals surface area contributed by atoms with Gasteiger partial charge in [-0.05, 0) is 47.7 Å². The predicted molar refractivity (Wildman–Crippen MR) is 146 cm³/mol. The summed E-state index contributed by atoms with van der Waals surface area (Å²) in [6.07, 6.45) is 0.550. The monoisotopic (exact) mass is 493 g/mol. The molecule has 3 aliphatic rings. The Bertz CT molecular complexity index is 1440. The summed E-state index contributed by atoms with van der Waals surface area (Å²) < 4.78 is 6.07. The molecule has 1 N–H and O–H groups in total. The molecule has 2 heterocycles. The summed E-state index contributed by atoms with van der Waals surface area (Å²) in [4.78, 5) is 31.1. The second-order valence-corrected chi connectivity index (χ2v) is 11.1. The minimum atomic E-state index is -0.667. The molecule has 1 aliphatic carbocycles. The first-order valence-electron chi connectivity index (χ1n) is 12.7. The number of Topliss-reactive ketones (excluding diaryl/α,β-unsaturated/α-hetero) is 1. The van der Waals surface area contributed by atoms with Crippen LogP contribution < -0.4 is 15.1 Å². The SMILES string of the molecule is CN(C)c1ccc([C@@H]2C3=C(CC(C)(C)CC3=O)Nc3ccccc3N2[C@@H]2OC(=O)c3ccccc32)cc1. The zero-order valence-corrected chi connectivity index (χ0v) is 21.6. The molecule has 6 rings (SSSR count). The summed E-state index contributed by atoms with van der Waals surface area (Å²) in [7, 11) is 4.02. The molecule has 0 saturated heterocycles. The van der Waals surface area contributed by atoms with E-state index < -0.39 is 12.3 Å². The first-order valence-corrected chi connectivity index (χ1v) is 12.7. The minimum absolute atomic E-state index is 0.121. The highest BCUT2D eigenvalue weighted by Gasteiger charge is 2.46. The Morgan fingerprint density at radius 3 is 2.38 bits per heavy atom. The Morgan fingerprint density at radius 1 is 0.919 bits per heavy atom. The van der Waals surface area contributed by atoms with E-state index in [4.69, 9.17) is 4.74 Å². The lowest BCUT2D eigenvalue weighted by Gasteiger charge is -2.40. The first-order chi connectivity index (χ1) is 17.7. The van der Waals surface area contributed by atoms with Crippen LogP contribution in [0.1, 0.15) is 60.4 Å². The van der Waals surface area contributed by atoms with E-state index in [2.05, 4.69) is 53.2 Å². The van der Waals surface area contributed by atoms with Gasteiger partial charge in [-0.1, -0.05) is 56.3 Å². The van der Waals surface area contributed by atoms with Crippen molar-refractivity contribution in [3.8, 4) is 0 Å². The Morgan fingerprint density at radius 2 is 1.62 bits per heavy atom. The van der Waals surface area contributed by atoms with Crippen molar-refractivity contribution in [2.75, 3.05) is 29.2 Å². The van der Waals surface area contributed by atoms with Gasteiger partial charge in [0, 0.05) is 43.0 Å². The molecule has 3 aromatic carbocycles. The van der Waals surface area contributed by atoms with Crippen LogP contribution in [0, 0.1) is 5.41 Å². The van der Waals surface area contributed by atoms with Gasteiger partial charge in [-0.3, -0.25) is 4.79 Å². The number of nitrogens with one attached hydrogen (secondary N) is 1. The van der Waals surface area contributed by atoms with Crippen LogP contribution in [0.5, 0.6) is 0 Å². The van der Waals surface area contributed by atoms with E-state index in [9.17, 15) is 9.59 Å². The lowest BCUT2D eigenvalue weighted by molar-refractivity contribution is -0.118. The fourth-order valence-electron chi connectivity index (χ4n) is 5.89. The van der Waals surface area contributed by atoms with Crippen molar-refractivity contribution in [3.05, 3.63) is 101 Å². The molecule has 0 aromatic heterocycles. The number of benzene rings is 3. The third kappa shape index (κ3) is 3.88. The van der Waals surface area contributed by atoms with E-state index in [-0.39, 0.29) is 17.2 Å². The molecular weight excluding hydrogens is 462 g/mol. The molecule has 0 fully saturated rings. The summed E-state index contributed by atoms with van der Waals surface area (Å²) in [5, 5.41) is 3.63. The molecule has 0 radical (unpaired) electrons. The van der Waals surface area contributed by atoms with Crippen LogP contribution in [0.4, 0.5) is 17.1 Å². The number of cyclic esters (lactones) is 1. The molecule has 0 unspecified atom stereocenters. The maximum Gasteiger partial charge on any atom is 0.340 e. The molecule has 2 atom stereocenters. The normalized spacial score (nSPS) is 21.9. The van der Waals surface area contributed by atoms with Gasteiger partial charge in [0.15, 0.2) is 5.78 Å². The van der Waals surface area contributed by atoms with Crippen LogP contribution in [0.3, 0.4) is 0 Å². The lowest BCUT2D eigenvalue weighted by atomic mass is 9.73. The van der Waals surface area contributed by atoms with Crippen LogP contribution >= 0.6 is 0 Å². The van der Waals surface area contributed by atoms with E-state index in [0.29, 0.717) is 12.0 Å². The van der Waals surface area contributed by atoms with Gasteiger partial charge in [0.25, 0.3) is 0 Å². The number of hydrogen-bond acceptors (Lipinski definition) is 6. The maximum absolute atomic E-state index is 13.9. The van der Waals surface area contributed by atoms with Gasteiger partial charge in [0.2, 0.25) is 6.23 Å². The van der Waals surface area contributed by atoms with E-state index in [1.54, 1.807) is 6.07 Å². The molecule has 188 valence electrons. The largest absolute Gasteiger partial charge is 0.433 e.